The summed E-state index contributed by atoms with van der Waals surface area (Å²) in [5.74, 6) is -1.24. The smallest absolute Gasteiger partial charge is 0.355 e. The van der Waals surface area contributed by atoms with Crippen LogP contribution in [-0.4, -0.2) is 28.0 Å². The van der Waals surface area contributed by atoms with Gasteiger partial charge in [-0.05, 0) is 42.6 Å². The summed E-state index contributed by atoms with van der Waals surface area (Å²) in [5, 5.41) is 0.953. The molecule has 2 aliphatic heterocycles. The Morgan fingerprint density at radius 2 is 2.09 bits per heavy atom. The van der Waals surface area contributed by atoms with Crippen molar-refractivity contribution in [2.75, 3.05) is 6.54 Å². The van der Waals surface area contributed by atoms with E-state index in [0.717, 1.165) is 20.9 Å². The van der Waals surface area contributed by atoms with E-state index in [1.807, 2.05) is 38.1 Å². The first-order valence-corrected chi connectivity index (χ1v) is 12.3. The van der Waals surface area contributed by atoms with E-state index in [1.54, 1.807) is 17.6 Å². The monoisotopic (exact) mass is 539 g/mol. The number of aromatic nitrogens is 2. The van der Waals surface area contributed by atoms with E-state index in [9.17, 15) is 14.4 Å². The lowest BCUT2D eigenvalue weighted by atomic mass is 9.85. The van der Waals surface area contributed by atoms with Gasteiger partial charge in [0.1, 0.15) is 6.61 Å². The Balaban J connectivity index is 1.67. The number of hydrogen-bond donors (Lipinski definition) is 1. The van der Waals surface area contributed by atoms with E-state index in [2.05, 4.69) is 15.9 Å². The van der Waals surface area contributed by atoms with Gasteiger partial charge in [-0.1, -0.05) is 42.8 Å². The van der Waals surface area contributed by atoms with Crippen LogP contribution < -0.4 is 11.3 Å². The highest BCUT2D eigenvalue weighted by Crippen LogP contribution is 2.41. The van der Waals surface area contributed by atoms with Crippen molar-refractivity contribution in [2.45, 2.75) is 52.4 Å². The number of carbonyl (C=O) groups is 2. The molecular weight excluding hydrogens is 514 g/mol. The van der Waals surface area contributed by atoms with Gasteiger partial charge in [-0.15, -0.1) is 0 Å². The van der Waals surface area contributed by atoms with Gasteiger partial charge in [-0.3, -0.25) is 9.59 Å². The SMILES string of the molecule is CCC1(OC(=O)CC(C)(C)CN)C(=O)OCc2c1cc1n(c2=O)Cc2cc3c(Br)cccc3nc2-1. The number of carbonyl (C=O) groups excluding carboxylic acids is 2. The van der Waals surface area contributed by atoms with Gasteiger partial charge in [0, 0.05) is 21.0 Å². The third kappa shape index (κ3) is 3.68. The second-order valence-corrected chi connectivity index (χ2v) is 10.7. The first kappa shape index (κ1) is 23.7. The van der Waals surface area contributed by atoms with Crippen LogP contribution in [0.25, 0.3) is 22.3 Å². The lowest BCUT2D eigenvalue weighted by Crippen LogP contribution is -2.48. The quantitative estimate of drug-likeness (QED) is 0.384. The Kier molecular flexibility index (Phi) is 5.60. The molecule has 0 fully saturated rings. The Hall–Kier alpha value is -3.04. The standard InChI is InChI=1S/C26H26BrN3O5/c1-4-26(35-21(31)10-25(2,3)13-28)17-9-20-22-14(8-15-18(27)6-5-7-19(15)29-22)11-30(20)23(32)16(17)12-34-24(26)33/h5-9H,4,10-13,28H2,1-3H3. The maximum atomic E-state index is 13.6. The molecule has 5 rings (SSSR count). The minimum absolute atomic E-state index is 0.0308. The molecule has 1 aromatic carbocycles. The van der Waals surface area contributed by atoms with Crippen molar-refractivity contribution in [3.05, 3.63) is 61.8 Å². The molecule has 0 amide bonds. The van der Waals surface area contributed by atoms with Crippen molar-refractivity contribution in [3.63, 3.8) is 0 Å². The fourth-order valence-corrected chi connectivity index (χ4v) is 5.29. The summed E-state index contributed by atoms with van der Waals surface area (Å²) < 4.78 is 13.8. The van der Waals surface area contributed by atoms with E-state index in [1.165, 1.54) is 0 Å². The number of fused-ring (bicyclic) bond motifs is 5. The maximum absolute atomic E-state index is 13.6. The predicted molar refractivity (Wildman–Crippen MR) is 134 cm³/mol. The summed E-state index contributed by atoms with van der Waals surface area (Å²) in [6.07, 6.45) is 0.157. The molecule has 1 atom stereocenters. The average Bonchev–Trinajstić information content (AvgIpc) is 3.18. The Bertz CT molecular complexity index is 1460. The zero-order chi connectivity index (χ0) is 25.1. The van der Waals surface area contributed by atoms with Crippen molar-refractivity contribution in [2.24, 2.45) is 11.1 Å². The van der Waals surface area contributed by atoms with Crippen LogP contribution >= 0.6 is 15.9 Å². The Morgan fingerprint density at radius 3 is 2.80 bits per heavy atom. The van der Waals surface area contributed by atoms with Gasteiger partial charge in [0.05, 0.1) is 35.4 Å². The number of hydrogen-bond acceptors (Lipinski definition) is 7. The van der Waals surface area contributed by atoms with Gasteiger partial charge in [0.15, 0.2) is 0 Å². The second kappa shape index (κ2) is 8.27. The largest absolute Gasteiger partial charge is 0.457 e. The molecule has 4 heterocycles. The van der Waals surface area contributed by atoms with Crippen LogP contribution in [0, 0.1) is 5.41 Å². The summed E-state index contributed by atoms with van der Waals surface area (Å²) in [7, 11) is 0. The molecule has 0 aliphatic carbocycles. The predicted octanol–water partition coefficient (Wildman–Crippen LogP) is 3.77. The molecule has 8 nitrogen and oxygen atoms in total. The minimum atomic E-state index is -1.70. The van der Waals surface area contributed by atoms with Crippen LogP contribution in [-0.2, 0) is 37.8 Å². The highest BCUT2D eigenvalue weighted by molar-refractivity contribution is 9.10. The lowest BCUT2D eigenvalue weighted by Gasteiger charge is -2.36. The molecule has 0 spiro atoms. The molecule has 0 radical (unpaired) electrons. The third-order valence-corrected chi connectivity index (χ3v) is 7.62. The number of nitrogens with two attached hydrogens (primary N) is 1. The molecule has 2 N–H and O–H groups in total. The maximum Gasteiger partial charge on any atom is 0.355 e. The molecule has 35 heavy (non-hydrogen) atoms. The highest BCUT2D eigenvalue weighted by atomic mass is 79.9. The van der Waals surface area contributed by atoms with Gasteiger partial charge in [-0.2, -0.15) is 0 Å². The summed E-state index contributed by atoms with van der Waals surface area (Å²) >= 11 is 3.57. The van der Waals surface area contributed by atoms with Crippen molar-refractivity contribution in [1.82, 2.24) is 9.55 Å². The number of halogens is 1. The summed E-state index contributed by atoms with van der Waals surface area (Å²) in [5.41, 5.74) is 6.95. The molecule has 0 saturated carbocycles. The van der Waals surface area contributed by atoms with Crippen LogP contribution in [0.2, 0.25) is 0 Å². The zero-order valence-electron chi connectivity index (χ0n) is 19.8. The van der Waals surface area contributed by atoms with Crippen molar-refractivity contribution in [1.29, 1.82) is 0 Å². The zero-order valence-corrected chi connectivity index (χ0v) is 21.4. The Labute approximate surface area is 210 Å². The van der Waals surface area contributed by atoms with Gasteiger partial charge >= 0.3 is 11.9 Å². The molecule has 0 bridgehead atoms. The van der Waals surface area contributed by atoms with Crippen molar-refractivity contribution >= 4 is 38.8 Å². The number of esters is 2. The average molecular weight is 540 g/mol. The summed E-state index contributed by atoms with van der Waals surface area (Å²) in [4.78, 5) is 44.4. The number of ether oxygens (including phenoxy) is 2. The van der Waals surface area contributed by atoms with E-state index in [0.29, 0.717) is 29.1 Å². The van der Waals surface area contributed by atoms with Gasteiger partial charge in [-0.25, -0.2) is 9.78 Å². The number of pyridine rings is 2. The molecule has 9 heteroatoms. The summed E-state index contributed by atoms with van der Waals surface area (Å²) in [6, 6.07) is 9.55. The van der Waals surface area contributed by atoms with Crippen LogP contribution in [0.15, 0.2) is 39.6 Å². The van der Waals surface area contributed by atoms with Gasteiger partial charge in [0.2, 0.25) is 5.60 Å². The molecule has 2 aromatic heterocycles. The number of benzene rings is 1. The normalized spacial score (nSPS) is 18.6. The molecule has 3 aromatic rings. The number of cyclic esters (lactones) is 1. The fourth-order valence-electron chi connectivity index (χ4n) is 4.82. The first-order chi connectivity index (χ1) is 16.6. The second-order valence-electron chi connectivity index (χ2n) is 9.89. The molecule has 1 unspecified atom stereocenters. The molecule has 0 saturated heterocycles. The number of nitrogens with zero attached hydrogens (tertiary/aromatic N) is 2. The van der Waals surface area contributed by atoms with E-state index in [-0.39, 0.29) is 31.6 Å². The fraction of sp³-hybridized carbons (Fsp3) is 0.385. The van der Waals surface area contributed by atoms with Gasteiger partial charge < -0.3 is 19.8 Å². The highest BCUT2D eigenvalue weighted by Gasteiger charge is 2.50. The molecule has 182 valence electrons. The summed E-state index contributed by atoms with van der Waals surface area (Å²) in [6.45, 7) is 5.91. The third-order valence-electron chi connectivity index (χ3n) is 6.93. The van der Waals surface area contributed by atoms with E-state index in [4.69, 9.17) is 20.2 Å². The van der Waals surface area contributed by atoms with Crippen LogP contribution in [0.3, 0.4) is 0 Å². The topological polar surface area (TPSA) is 114 Å². The van der Waals surface area contributed by atoms with Crippen LogP contribution in [0.5, 0.6) is 0 Å². The van der Waals surface area contributed by atoms with E-state index < -0.39 is 23.0 Å². The van der Waals surface area contributed by atoms with Crippen LogP contribution in [0.4, 0.5) is 0 Å². The van der Waals surface area contributed by atoms with Crippen molar-refractivity contribution < 1.29 is 19.1 Å². The minimum Gasteiger partial charge on any atom is -0.457 e. The van der Waals surface area contributed by atoms with Crippen LogP contribution in [0.1, 0.15) is 50.3 Å². The van der Waals surface area contributed by atoms with E-state index >= 15 is 0 Å². The Morgan fingerprint density at radius 1 is 1.31 bits per heavy atom. The lowest BCUT2D eigenvalue weighted by molar-refractivity contribution is -0.190. The number of rotatable bonds is 5. The van der Waals surface area contributed by atoms with Gasteiger partial charge in [0.25, 0.3) is 5.56 Å². The van der Waals surface area contributed by atoms with Crippen molar-refractivity contribution in [3.8, 4) is 11.4 Å². The molecule has 2 aliphatic rings. The molecular formula is C26H26BrN3O5. The first-order valence-electron chi connectivity index (χ1n) is 11.5.